The molecule has 0 heterocycles. The van der Waals surface area contributed by atoms with Gasteiger partial charge in [0.25, 0.3) is 0 Å². The second-order valence-electron chi connectivity index (χ2n) is 4.36. The molecule has 0 atom stereocenters. The molecule has 0 aliphatic rings. The van der Waals surface area contributed by atoms with Gasteiger partial charge in [-0.05, 0) is 31.4 Å². The number of aryl methyl sites for hydroxylation is 2. The first-order valence-corrected chi connectivity index (χ1v) is 5.87. The summed E-state index contributed by atoms with van der Waals surface area (Å²) in [6.07, 6.45) is 1.31. The molecule has 94 valence electrons. The summed E-state index contributed by atoms with van der Waals surface area (Å²) < 4.78 is 0. The maximum Gasteiger partial charge on any atom is 0.164 e. The third-order valence-corrected chi connectivity index (χ3v) is 3.10. The van der Waals surface area contributed by atoms with E-state index in [0.717, 1.165) is 12.0 Å². The van der Waals surface area contributed by atoms with E-state index in [2.05, 4.69) is 0 Å². The van der Waals surface area contributed by atoms with Crippen molar-refractivity contribution in [3.8, 4) is 17.2 Å². The molecule has 0 aliphatic heterocycles. The molecule has 0 aromatic heterocycles. The van der Waals surface area contributed by atoms with Gasteiger partial charge in [0.2, 0.25) is 0 Å². The molecule has 18 heavy (non-hydrogen) atoms. The molecule has 2 aromatic carbocycles. The molecule has 0 radical (unpaired) electrons. The van der Waals surface area contributed by atoms with Crippen LogP contribution in [0.5, 0.6) is 17.2 Å². The molecule has 0 bridgehead atoms. The Labute approximate surface area is 106 Å². The fourth-order valence-electron chi connectivity index (χ4n) is 1.91. The average molecular weight is 244 g/mol. The zero-order valence-electron chi connectivity index (χ0n) is 10.2. The van der Waals surface area contributed by atoms with Crippen molar-refractivity contribution in [2.45, 2.75) is 19.8 Å². The summed E-state index contributed by atoms with van der Waals surface area (Å²) in [6, 6.07) is 11.4. The van der Waals surface area contributed by atoms with Crippen molar-refractivity contribution < 1.29 is 15.3 Å². The molecule has 2 aromatic rings. The van der Waals surface area contributed by atoms with Crippen LogP contribution in [0.4, 0.5) is 0 Å². The van der Waals surface area contributed by atoms with Crippen molar-refractivity contribution in [3.63, 3.8) is 0 Å². The van der Waals surface area contributed by atoms with Crippen LogP contribution in [0.1, 0.15) is 16.7 Å². The van der Waals surface area contributed by atoms with Gasteiger partial charge >= 0.3 is 0 Å². The van der Waals surface area contributed by atoms with Crippen LogP contribution in [0.25, 0.3) is 0 Å². The first-order valence-electron chi connectivity index (χ1n) is 5.87. The second kappa shape index (κ2) is 5.00. The van der Waals surface area contributed by atoms with Gasteiger partial charge in [-0.2, -0.15) is 0 Å². The third kappa shape index (κ3) is 2.40. The molecular weight excluding hydrogens is 228 g/mol. The number of aromatic hydroxyl groups is 3. The van der Waals surface area contributed by atoms with Crippen molar-refractivity contribution in [2.24, 2.45) is 0 Å². The van der Waals surface area contributed by atoms with Crippen LogP contribution < -0.4 is 0 Å². The van der Waals surface area contributed by atoms with Gasteiger partial charge in [-0.15, -0.1) is 0 Å². The van der Waals surface area contributed by atoms with Crippen molar-refractivity contribution in [1.82, 2.24) is 0 Å². The Morgan fingerprint density at radius 2 is 1.56 bits per heavy atom. The molecule has 3 heteroatoms. The number of rotatable bonds is 3. The van der Waals surface area contributed by atoms with E-state index < -0.39 is 0 Å². The van der Waals surface area contributed by atoms with Crippen LogP contribution in [-0.4, -0.2) is 15.3 Å². The number of benzene rings is 2. The number of hydrogen-bond acceptors (Lipinski definition) is 3. The van der Waals surface area contributed by atoms with Crippen molar-refractivity contribution >= 4 is 0 Å². The molecule has 3 nitrogen and oxygen atoms in total. The summed E-state index contributed by atoms with van der Waals surface area (Å²) in [5.41, 5.74) is 2.01. The van der Waals surface area contributed by atoms with Crippen LogP contribution in [0, 0.1) is 6.92 Å². The van der Waals surface area contributed by atoms with Crippen LogP contribution in [0.2, 0.25) is 0 Å². The number of phenols is 3. The van der Waals surface area contributed by atoms with Gasteiger partial charge in [-0.25, -0.2) is 0 Å². The van der Waals surface area contributed by atoms with Gasteiger partial charge in [-0.1, -0.05) is 30.3 Å². The first-order chi connectivity index (χ1) is 8.59. The average Bonchev–Trinajstić information content (AvgIpc) is 2.40. The molecule has 0 saturated carbocycles. The third-order valence-electron chi connectivity index (χ3n) is 3.10. The van der Waals surface area contributed by atoms with Gasteiger partial charge in [0.05, 0.1) is 0 Å². The Morgan fingerprint density at radius 3 is 2.22 bits per heavy atom. The minimum Gasteiger partial charge on any atom is -0.508 e. The van der Waals surface area contributed by atoms with Crippen molar-refractivity contribution in [1.29, 1.82) is 0 Å². The van der Waals surface area contributed by atoms with E-state index in [1.165, 1.54) is 6.07 Å². The van der Waals surface area contributed by atoms with Crippen LogP contribution in [0.3, 0.4) is 0 Å². The topological polar surface area (TPSA) is 60.7 Å². The van der Waals surface area contributed by atoms with E-state index in [4.69, 9.17) is 0 Å². The smallest absolute Gasteiger partial charge is 0.164 e. The molecule has 0 saturated heterocycles. The van der Waals surface area contributed by atoms with Gasteiger partial charge in [0, 0.05) is 11.1 Å². The van der Waals surface area contributed by atoms with Gasteiger partial charge < -0.3 is 15.3 Å². The molecule has 2 rings (SSSR count). The van der Waals surface area contributed by atoms with E-state index in [1.807, 2.05) is 30.3 Å². The van der Waals surface area contributed by atoms with E-state index in [9.17, 15) is 15.3 Å². The zero-order valence-corrected chi connectivity index (χ0v) is 10.2. The predicted octanol–water partition coefficient (Wildman–Crippen LogP) is 2.90. The SMILES string of the molecule is Cc1c(O)cc(CCc2ccccc2)c(O)c1O. The van der Waals surface area contributed by atoms with Crippen molar-refractivity contribution in [2.75, 3.05) is 0 Å². The molecular formula is C15H16O3. The lowest BCUT2D eigenvalue weighted by atomic mass is 10.0. The fraction of sp³-hybridized carbons (Fsp3) is 0.200. The molecule has 0 aliphatic carbocycles. The number of hydrogen-bond donors (Lipinski definition) is 3. The van der Waals surface area contributed by atoms with Gasteiger partial charge in [-0.3, -0.25) is 0 Å². The summed E-state index contributed by atoms with van der Waals surface area (Å²) in [6.45, 7) is 1.56. The first kappa shape index (κ1) is 12.3. The lowest BCUT2D eigenvalue weighted by Crippen LogP contribution is -1.93. The zero-order chi connectivity index (χ0) is 13.1. The van der Waals surface area contributed by atoms with Crippen LogP contribution in [0.15, 0.2) is 36.4 Å². The number of phenolic OH excluding ortho intramolecular Hbond substituents is 3. The van der Waals surface area contributed by atoms with E-state index in [-0.39, 0.29) is 17.2 Å². The van der Waals surface area contributed by atoms with E-state index >= 15 is 0 Å². The Kier molecular flexibility index (Phi) is 3.42. The molecule has 0 amide bonds. The molecule has 0 spiro atoms. The van der Waals surface area contributed by atoms with Gasteiger partial charge in [0.1, 0.15) is 5.75 Å². The summed E-state index contributed by atoms with van der Waals surface area (Å²) >= 11 is 0. The summed E-state index contributed by atoms with van der Waals surface area (Å²) in [4.78, 5) is 0. The largest absolute Gasteiger partial charge is 0.508 e. The minimum absolute atomic E-state index is 0.00774. The van der Waals surface area contributed by atoms with Crippen molar-refractivity contribution in [3.05, 3.63) is 53.1 Å². The quantitative estimate of drug-likeness (QED) is 0.574. The lowest BCUT2D eigenvalue weighted by molar-refractivity contribution is 0.387. The summed E-state index contributed by atoms with van der Waals surface area (Å²) in [5.74, 6) is -0.368. The highest BCUT2D eigenvalue weighted by Gasteiger charge is 2.13. The lowest BCUT2D eigenvalue weighted by Gasteiger charge is -2.10. The molecule has 0 unspecified atom stereocenters. The normalized spacial score (nSPS) is 10.5. The van der Waals surface area contributed by atoms with E-state index in [0.29, 0.717) is 17.5 Å². The predicted molar refractivity (Wildman–Crippen MR) is 70.0 cm³/mol. The maximum absolute atomic E-state index is 9.82. The fourth-order valence-corrected chi connectivity index (χ4v) is 1.91. The van der Waals surface area contributed by atoms with Crippen LogP contribution >= 0.6 is 0 Å². The Balaban J connectivity index is 2.20. The van der Waals surface area contributed by atoms with E-state index in [1.54, 1.807) is 6.92 Å². The highest BCUT2D eigenvalue weighted by Crippen LogP contribution is 2.38. The Morgan fingerprint density at radius 1 is 0.889 bits per heavy atom. The standard InChI is InChI=1S/C15H16O3/c1-10-13(16)9-12(15(18)14(10)17)8-7-11-5-3-2-4-6-11/h2-6,9,16-18H,7-8H2,1H3. The highest BCUT2D eigenvalue weighted by atomic mass is 16.3. The second-order valence-corrected chi connectivity index (χ2v) is 4.36. The Hall–Kier alpha value is -2.16. The highest BCUT2D eigenvalue weighted by molar-refractivity contribution is 5.55. The monoisotopic (exact) mass is 244 g/mol. The minimum atomic E-state index is -0.238. The molecule has 0 fully saturated rings. The maximum atomic E-state index is 9.82. The molecule has 3 N–H and O–H groups in total. The van der Waals surface area contributed by atoms with Gasteiger partial charge in [0.15, 0.2) is 11.5 Å². The summed E-state index contributed by atoms with van der Waals surface area (Å²) in [7, 11) is 0. The summed E-state index contributed by atoms with van der Waals surface area (Å²) in [5, 5.41) is 29.1. The Bertz CT molecular complexity index is 547. The van der Waals surface area contributed by atoms with Crippen LogP contribution in [-0.2, 0) is 12.8 Å².